The molecule has 0 aromatic carbocycles. The third-order valence-electron chi connectivity index (χ3n) is 3.69. The number of hydrogen-bond acceptors (Lipinski definition) is 2. The average molecular weight is 223 g/mol. The van der Waals surface area contributed by atoms with Gasteiger partial charge in [0, 0.05) is 10.3 Å². The van der Waals surface area contributed by atoms with E-state index in [1.807, 2.05) is 11.3 Å². The van der Waals surface area contributed by atoms with Gasteiger partial charge in [-0.15, -0.1) is 11.3 Å². The molecule has 15 heavy (non-hydrogen) atoms. The standard InChI is InChI=1S/C13H21NS/c1-3-7-14-10-11-9-13(11,4-2)12-6-5-8-15-12/h5-6,8,11,14H,3-4,7,9-10H2,1-2H3. The Morgan fingerprint density at radius 2 is 2.40 bits per heavy atom. The largest absolute Gasteiger partial charge is 0.316 e. The summed E-state index contributed by atoms with van der Waals surface area (Å²) >= 11 is 1.93. The zero-order valence-electron chi connectivity index (χ0n) is 9.75. The Hall–Kier alpha value is -0.340. The summed E-state index contributed by atoms with van der Waals surface area (Å²) in [6.45, 7) is 6.94. The summed E-state index contributed by atoms with van der Waals surface area (Å²) in [4.78, 5) is 1.60. The fraction of sp³-hybridized carbons (Fsp3) is 0.692. The van der Waals surface area contributed by atoms with Crippen LogP contribution in [0.15, 0.2) is 17.5 Å². The van der Waals surface area contributed by atoms with E-state index < -0.39 is 0 Å². The Morgan fingerprint density at radius 1 is 1.53 bits per heavy atom. The fourth-order valence-corrected chi connectivity index (χ4v) is 3.66. The van der Waals surface area contributed by atoms with Gasteiger partial charge in [0.25, 0.3) is 0 Å². The molecule has 0 radical (unpaired) electrons. The first-order valence-corrected chi connectivity index (χ1v) is 6.96. The summed E-state index contributed by atoms with van der Waals surface area (Å²) < 4.78 is 0. The third kappa shape index (κ3) is 2.11. The van der Waals surface area contributed by atoms with Crippen LogP contribution in [0, 0.1) is 5.92 Å². The molecule has 0 amide bonds. The molecule has 1 fully saturated rings. The number of hydrogen-bond donors (Lipinski definition) is 1. The molecule has 0 bridgehead atoms. The van der Waals surface area contributed by atoms with E-state index in [9.17, 15) is 0 Å². The van der Waals surface area contributed by atoms with Crippen molar-refractivity contribution in [1.29, 1.82) is 0 Å². The first-order valence-electron chi connectivity index (χ1n) is 6.08. The van der Waals surface area contributed by atoms with Gasteiger partial charge in [0.2, 0.25) is 0 Å². The second-order valence-corrected chi connectivity index (χ2v) is 5.54. The van der Waals surface area contributed by atoms with Crippen LogP contribution in [-0.2, 0) is 5.41 Å². The Morgan fingerprint density at radius 3 is 3.00 bits per heavy atom. The van der Waals surface area contributed by atoms with Crippen LogP contribution in [0.4, 0.5) is 0 Å². The molecule has 1 aromatic rings. The van der Waals surface area contributed by atoms with E-state index in [1.165, 1.54) is 32.4 Å². The number of nitrogens with one attached hydrogen (secondary N) is 1. The molecule has 1 nitrogen and oxygen atoms in total. The molecule has 1 N–H and O–H groups in total. The Kier molecular flexibility index (Phi) is 3.47. The maximum Gasteiger partial charge on any atom is 0.0110 e. The minimum atomic E-state index is 0.537. The number of rotatable bonds is 6. The molecular formula is C13H21NS. The maximum absolute atomic E-state index is 3.55. The van der Waals surface area contributed by atoms with Crippen molar-refractivity contribution in [3.63, 3.8) is 0 Å². The van der Waals surface area contributed by atoms with E-state index in [4.69, 9.17) is 0 Å². The zero-order chi connectivity index (χ0) is 10.7. The van der Waals surface area contributed by atoms with Crippen molar-refractivity contribution in [1.82, 2.24) is 5.32 Å². The van der Waals surface area contributed by atoms with Gasteiger partial charge in [-0.05, 0) is 49.7 Å². The van der Waals surface area contributed by atoms with Crippen LogP contribution < -0.4 is 5.32 Å². The smallest absolute Gasteiger partial charge is 0.0110 e. The summed E-state index contributed by atoms with van der Waals surface area (Å²) in [5.41, 5.74) is 0.537. The minimum absolute atomic E-state index is 0.537. The van der Waals surface area contributed by atoms with Gasteiger partial charge in [-0.25, -0.2) is 0 Å². The summed E-state index contributed by atoms with van der Waals surface area (Å²) in [7, 11) is 0. The van der Waals surface area contributed by atoms with Crippen LogP contribution in [0.2, 0.25) is 0 Å². The van der Waals surface area contributed by atoms with Crippen molar-refractivity contribution in [2.75, 3.05) is 13.1 Å². The van der Waals surface area contributed by atoms with Crippen molar-refractivity contribution in [3.8, 4) is 0 Å². The molecule has 2 rings (SSSR count). The quantitative estimate of drug-likeness (QED) is 0.729. The molecule has 84 valence electrons. The zero-order valence-corrected chi connectivity index (χ0v) is 10.6. The van der Waals surface area contributed by atoms with Crippen LogP contribution in [0.3, 0.4) is 0 Å². The second kappa shape index (κ2) is 4.67. The molecule has 0 spiro atoms. The van der Waals surface area contributed by atoms with E-state index in [2.05, 4.69) is 36.7 Å². The number of thiophene rings is 1. The highest BCUT2D eigenvalue weighted by Gasteiger charge is 2.53. The monoisotopic (exact) mass is 223 g/mol. The second-order valence-electron chi connectivity index (χ2n) is 4.59. The maximum atomic E-state index is 3.55. The SMILES string of the molecule is CCCNCC1CC1(CC)c1cccs1. The average Bonchev–Trinajstić information content (AvgIpc) is 2.73. The molecule has 1 aromatic heterocycles. The van der Waals surface area contributed by atoms with E-state index in [0.717, 1.165) is 5.92 Å². The van der Waals surface area contributed by atoms with Crippen LogP contribution in [0.5, 0.6) is 0 Å². The molecule has 2 heteroatoms. The first kappa shape index (κ1) is 11.2. The predicted molar refractivity (Wildman–Crippen MR) is 67.6 cm³/mol. The summed E-state index contributed by atoms with van der Waals surface area (Å²) in [5.74, 6) is 0.882. The van der Waals surface area contributed by atoms with Gasteiger partial charge >= 0.3 is 0 Å². The van der Waals surface area contributed by atoms with Gasteiger partial charge in [-0.2, -0.15) is 0 Å². The predicted octanol–water partition coefficient (Wildman–Crippen LogP) is 3.42. The summed E-state index contributed by atoms with van der Waals surface area (Å²) in [5, 5.41) is 5.76. The van der Waals surface area contributed by atoms with Crippen molar-refractivity contribution < 1.29 is 0 Å². The summed E-state index contributed by atoms with van der Waals surface area (Å²) in [6, 6.07) is 4.50. The lowest BCUT2D eigenvalue weighted by Crippen LogP contribution is -2.21. The third-order valence-corrected chi connectivity index (χ3v) is 4.78. The van der Waals surface area contributed by atoms with Crippen LogP contribution in [0.1, 0.15) is 38.0 Å². The van der Waals surface area contributed by atoms with Crippen molar-refractivity contribution in [2.45, 2.75) is 38.5 Å². The van der Waals surface area contributed by atoms with Gasteiger partial charge in [0.1, 0.15) is 0 Å². The van der Waals surface area contributed by atoms with E-state index in [1.54, 1.807) is 4.88 Å². The first-order chi connectivity index (χ1) is 7.33. The highest BCUT2D eigenvalue weighted by Crippen LogP contribution is 2.57. The molecule has 1 saturated carbocycles. The van der Waals surface area contributed by atoms with Crippen LogP contribution in [0.25, 0.3) is 0 Å². The lowest BCUT2D eigenvalue weighted by molar-refractivity contribution is 0.544. The lowest BCUT2D eigenvalue weighted by atomic mass is 9.98. The lowest BCUT2D eigenvalue weighted by Gasteiger charge is -2.13. The van der Waals surface area contributed by atoms with E-state index >= 15 is 0 Å². The van der Waals surface area contributed by atoms with Crippen LogP contribution >= 0.6 is 11.3 Å². The molecule has 0 saturated heterocycles. The van der Waals surface area contributed by atoms with Gasteiger partial charge < -0.3 is 5.32 Å². The van der Waals surface area contributed by atoms with Gasteiger partial charge in [-0.3, -0.25) is 0 Å². The highest BCUT2D eigenvalue weighted by molar-refractivity contribution is 7.10. The van der Waals surface area contributed by atoms with Crippen molar-refractivity contribution >= 4 is 11.3 Å². The Labute approximate surface area is 96.9 Å². The molecule has 1 heterocycles. The molecule has 2 atom stereocenters. The minimum Gasteiger partial charge on any atom is -0.316 e. The van der Waals surface area contributed by atoms with Gasteiger partial charge in [-0.1, -0.05) is 19.9 Å². The van der Waals surface area contributed by atoms with Gasteiger partial charge in [0.05, 0.1) is 0 Å². The molecular weight excluding hydrogens is 202 g/mol. The molecule has 1 aliphatic carbocycles. The highest BCUT2D eigenvalue weighted by atomic mass is 32.1. The fourth-order valence-electron chi connectivity index (χ4n) is 2.57. The Balaban J connectivity index is 1.91. The molecule has 0 aliphatic heterocycles. The Bertz CT molecular complexity index is 293. The summed E-state index contributed by atoms with van der Waals surface area (Å²) in [6.07, 6.45) is 3.93. The topological polar surface area (TPSA) is 12.0 Å². The molecule has 2 unspecified atom stereocenters. The van der Waals surface area contributed by atoms with Gasteiger partial charge in [0.15, 0.2) is 0 Å². The van der Waals surface area contributed by atoms with E-state index in [-0.39, 0.29) is 0 Å². The van der Waals surface area contributed by atoms with E-state index in [0.29, 0.717) is 5.41 Å². The van der Waals surface area contributed by atoms with Crippen molar-refractivity contribution in [2.24, 2.45) is 5.92 Å². The normalized spacial score (nSPS) is 29.3. The molecule has 1 aliphatic rings. The van der Waals surface area contributed by atoms with Crippen LogP contribution in [-0.4, -0.2) is 13.1 Å². The van der Waals surface area contributed by atoms with Crippen molar-refractivity contribution in [3.05, 3.63) is 22.4 Å².